The van der Waals surface area contributed by atoms with Crippen molar-refractivity contribution in [2.24, 2.45) is 4.99 Å². The topological polar surface area (TPSA) is 111 Å². The second kappa shape index (κ2) is 8.94. The zero-order valence-corrected chi connectivity index (χ0v) is 20.1. The number of H-pyrrole nitrogens is 1. The molecular formula is C24H28N6O3S. The van der Waals surface area contributed by atoms with E-state index in [9.17, 15) is 13.2 Å². The molecule has 0 radical (unpaired) electrons. The Balaban J connectivity index is 1.29. The number of nitrogens with one attached hydrogen (secondary N) is 2. The first kappa shape index (κ1) is 22.7. The molecule has 2 aliphatic heterocycles. The van der Waals surface area contributed by atoms with Crippen molar-refractivity contribution in [3.63, 3.8) is 0 Å². The van der Waals surface area contributed by atoms with Gasteiger partial charge in [-0.3, -0.25) is 9.69 Å². The normalized spacial score (nSPS) is 17.4. The molecule has 2 N–H and O–H groups in total. The van der Waals surface area contributed by atoms with E-state index in [0.717, 1.165) is 24.4 Å². The van der Waals surface area contributed by atoms with Gasteiger partial charge in [-0.15, -0.1) is 0 Å². The number of aromatic amines is 1. The molecule has 9 nitrogen and oxygen atoms in total. The van der Waals surface area contributed by atoms with E-state index in [1.165, 1.54) is 0 Å². The van der Waals surface area contributed by atoms with E-state index in [2.05, 4.69) is 34.3 Å². The molecule has 1 fully saturated rings. The number of amidine groups is 1. The van der Waals surface area contributed by atoms with Crippen LogP contribution in [0, 0.1) is 0 Å². The minimum Gasteiger partial charge on any atom is -0.325 e. The van der Waals surface area contributed by atoms with Gasteiger partial charge in [-0.25, -0.2) is 18.5 Å². The molecule has 1 saturated heterocycles. The van der Waals surface area contributed by atoms with Gasteiger partial charge in [0.25, 0.3) is 5.56 Å². The van der Waals surface area contributed by atoms with Gasteiger partial charge < -0.3 is 5.32 Å². The predicted octanol–water partition coefficient (Wildman–Crippen LogP) is 2.90. The Morgan fingerprint density at radius 1 is 1.03 bits per heavy atom. The highest BCUT2D eigenvalue weighted by atomic mass is 32.2. The van der Waals surface area contributed by atoms with Crippen LogP contribution in [0.5, 0.6) is 0 Å². The number of hydrogen-bond acceptors (Lipinski definition) is 7. The Hall–Kier alpha value is -3.08. The van der Waals surface area contributed by atoms with Crippen LogP contribution in [-0.2, 0) is 10.0 Å². The zero-order valence-electron chi connectivity index (χ0n) is 19.3. The Kier molecular flexibility index (Phi) is 5.97. The molecule has 0 spiro atoms. The van der Waals surface area contributed by atoms with E-state index in [1.807, 2.05) is 24.3 Å². The van der Waals surface area contributed by atoms with Gasteiger partial charge in [0.2, 0.25) is 10.0 Å². The van der Waals surface area contributed by atoms with Crippen molar-refractivity contribution in [1.82, 2.24) is 19.4 Å². The second-order valence-corrected chi connectivity index (χ2v) is 11.0. The molecule has 2 aliphatic rings. The lowest BCUT2D eigenvalue weighted by Crippen LogP contribution is -2.38. The summed E-state index contributed by atoms with van der Waals surface area (Å²) in [6.45, 7) is 6.97. The van der Waals surface area contributed by atoms with Gasteiger partial charge in [-0.2, -0.15) is 9.40 Å². The van der Waals surface area contributed by atoms with Crippen LogP contribution in [0.1, 0.15) is 31.7 Å². The fraction of sp³-hybridized carbons (Fsp3) is 0.375. The summed E-state index contributed by atoms with van der Waals surface area (Å²) >= 11 is 0. The number of hydrogen-bond donors (Lipinski definition) is 2. The van der Waals surface area contributed by atoms with Crippen molar-refractivity contribution in [3.8, 4) is 0 Å². The average Bonchev–Trinajstić information content (AvgIpc) is 3.07. The predicted molar refractivity (Wildman–Crippen MR) is 133 cm³/mol. The number of sulfonamides is 1. The third-order valence-corrected chi connectivity index (χ3v) is 8.33. The molecule has 0 saturated carbocycles. The lowest BCUT2D eigenvalue weighted by molar-refractivity contribution is 0.324. The fourth-order valence-corrected chi connectivity index (χ4v) is 5.97. The molecule has 2 aromatic carbocycles. The molecule has 10 heteroatoms. The summed E-state index contributed by atoms with van der Waals surface area (Å²) in [5.74, 6) is 1.66. The van der Waals surface area contributed by atoms with Gasteiger partial charge in [0.1, 0.15) is 5.84 Å². The summed E-state index contributed by atoms with van der Waals surface area (Å²) < 4.78 is 28.0. The molecule has 3 aromatic rings. The third-order valence-electron chi connectivity index (χ3n) is 6.42. The standard InChI is InChI=1S/C24H28N6O3S/c1-16(2)17-7-9-18(10-8-17)34(32,33)30-12-4-11-29(13-14-30)15-21-25-20-6-3-5-19-22(20)23(26-21)27-28-24(19)31/h3,5-10,16H,4,11-15H2,1-2H3,(H,28,31)(H,25,26,27). The molecule has 1 aromatic heterocycles. The van der Waals surface area contributed by atoms with Crippen molar-refractivity contribution in [2.45, 2.75) is 31.1 Å². The van der Waals surface area contributed by atoms with Crippen LogP contribution in [0.4, 0.5) is 11.5 Å². The summed E-state index contributed by atoms with van der Waals surface area (Å²) in [5.41, 5.74) is 1.59. The Labute approximate surface area is 198 Å². The van der Waals surface area contributed by atoms with E-state index in [-0.39, 0.29) is 5.56 Å². The van der Waals surface area contributed by atoms with Gasteiger partial charge >= 0.3 is 0 Å². The third kappa shape index (κ3) is 4.24. The van der Waals surface area contributed by atoms with E-state index in [4.69, 9.17) is 4.99 Å². The van der Waals surface area contributed by atoms with Crippen molar-refractivity contribution in [3.05, 3.63) is 58.4 Å². The Morgan fingerprint density at radius 2 is 1.82 bits per heavy atom. The van der Waals surface area contributed by atoms with Crippen molar-refractivity contribution < 1.29 is 8.42 Å². The Morgan fingerprint density at radius 3 is 2.59 bits per heavy atom. The van der Waals surface area contributed by atoms with E-state index in [1.54, 1.807) is 22.5 Å². The Bertz CT molecular complexity index is 1410. The SMILES string of the molecule is CC(C)c1ccc(S(=O)(=O)N2CCCN(CC3=Nc4cccc5c(=O)[nH]nc(c45)N3)CC2)cc1. The molecule has 0 bridgehead atoms. The summed E-state index contributed by atoms with van der Waals surface area (Å²) in [5, 5.41) is 11.2. The highest BCUT2D eigenvalue weighted by Gasteiger charge is 2.28. The average molecular weight is 481 g/mol. The van der Waals surface area contributed by atoms with Crippen LogP contribution in [-0.4, -0.2) is 66.4 Å². The summed E-state index contributed by atoms with van der Waals surface area (Å²) in [6.07, 6.45) is 0.730. The van der Waals surface area contributed by atoms with Gasteiger partial charge in [0, 0.05) is 19.6 Å². The molecule has 0 amide bonds. The first-order chi connectivity index (χ1) is 16.3. The lowest BCUT2D eigenvalue weighted by atomic mass is 10.0. The van der Waals surface area contributed by atoms with Crippen LogP contribution < -0.4 is 10.9 Å². The highest BCUT2D eigenvalue weighted by Crippen LogP contribution is 2.32. The number of benzene rings is 2. The van der Waals surface area contributed by atoms with E-state index in [0.29, 0.717) is 59.3 Å². The largest absolute Gasteiger partial charge is 0.325 e. The van der Waals surface area contributed by atoms with Crippen LogP contribution >= 0.6 is 0 Å². The van der Waals surface area contributed by atoms with Gasteiger partial charge in [-0.1, -0.05) is 32.0 Å². The molecule has 0 unspecified atom stereocenters. The number of nitrogens with zero attached hydrogens (tertiary/aromatic N) is 4. The van der Waals surface area contributed by atoms with Crippen LogP contribution in [0.25, 0.3) is 10.8 Å². The molecule has 5 rings (SSSR count). The zero-order chi connectivity index (χ0) is 23.9. The van der Waals surface area contributed by atoms with E-state index < -0.39 is 10.0 Å². The van der Waals surface area contributed by atoms with E-state index >= 15 is 0 Å². The number of aromatic nitrogens is 2. The summed E-state index contributed by atoms with van der Waals surface area (Å²) in [7, 11) is -3.54. The fourth-order valence-electron chi connectivity index (χ4n) is 4.50. The number of aliphatic imine (C=N–C) groups is 1. The molecule has 3 heterocycles. The maximum atomic E-state index is 13.2. The summed E-state index contributed by atoms with van der Waals surface area (Å²) in [6, 6.07) is 12.7. The van der Waals surface area contributed by atoms with Crippen molar-refractivity contribution in [2.75, 3.05) is 38.0 Å². The molecular weight excluding hydrogens is 452 g/mol. The molecule has 0 aliphatic carbocycles. The first-order valence-electron chi connectivity index (χ1n) is 11.5. The summed E-state index contributed by atoms with van der Waals surface area (Å²) in [4.78, 5) is 19.3. The van der Waals surface area contributed by atoms with Gasteiger partial charge in [0.05, 0.1) is 27.9 Å². The minimum atomic E-state index is -3.54. The van der Waals surface area contributed by atoms with Crippen LogP contribution in [0.15, 0.2) is 57.1 Å². The maximum Gasteiger partial charge on any atom is 0.272 e. The van der Waals surface area contributed by atoms with Crippen LogP contribution in [0.2, 0.25) is 0 Å². The molecule has 0 atom stereocenters. The minimum absolute atomic E-state index is 0.242. The first-order valence-corrected chi connectivity index (χ1v) is 13.0. The van der Waals surface area contributed by atoms with Crippen molar-refractivity contribution >= 4 is 38.1 Å². The maximum absolute atomic E-state index is 13.2. The lowest BCUT2D eigenvalue weighted by Gasteiger charge is -2.24. The monoisotopic (exact) mass is 480 g/mol. The van der Waals surface area contributed by atoms with Crippen molar-refractivity contribution in [1.29, 1.82) is 0 Å². The molecule has 34 heavy (non-hydrogen) atoms. The highest BCUT2D eigenvalue weighted by molar-refractivity contribution is 7.89. The smallest absolute Gasteiger partial charge is 0.272 e. The van der Waals surface area contributed by atoms with Crippen LogP contribution in [0.3, 0.4) is 0 Å². The van der Waals surface area contributed by atoms with Gasteiger partial charge in [-0.05, 0) is 48.7 Å². The molecule has 178 valence electrons. The quantitative estimate of drug-likeness (QED) is 0.581. The number of rotatable bonds is 5. The van der Waals surface area contributed by atoms with Gasteiger partial charge in [0.15, 0.2) is 5.82 Å². The number of anilines is 1. The second-order valence-electron chi connectivity index (χ2n) is 9.04.